The number of unbranched alkanes of at least 4 members (excludes halogenated alkanes) is 23. The zero-order valence-electron chi connectivity index (χ0n) is 49.4. The minimum atomic E-state index is -5.80. The van der Waals surface area contributed by atoms with Crippen LogP contribution in [0.25, 0.3) is 0 Å². The van der Waals surface area contributed by atoms with E-state index in [1.165, 1.54) is 138 Å². The van der Waals surface area contributed by atoms with Gasteiger partial charge in [0.05, 0.1) is 35.9 Å². The van der Waals surface area contributed by atoms with Gasteiger partial charge < -0.3 is 38.1 Å². The number of esters is 3. The predicted molar refractivity (Wildman–Crippen MR) is 304 cm³/mol. The van der Waals surface area contributed by atoms with Gasteiger partial charge in [-0.05, 0) is 61.7 Å². The molecule has 83 heavy (non-hydrogen) atoms. The number of rotatable bonds is 43. The van der Waals surface area contributed by atoms with Crippen LogP contribution in [0.15, 0.2) is 103 Å². The van der Waals surface area contributed by atoms with Crippen LogP contribution in [0.5, 0.6) is 0 Å². The fourth-order valence-corrected chi connectivity index (χ4v) is 10.3. The van der Waals surface area contributed by atoms with E-state index in [-0.39, 0.29) is 82.2 Å². The second kappa shape index (κ2) is 44.4. The van der Waals surface area contributed by atoms with Crippen LogP contribution in [-0.4, -0.2) is 106 Å². The summed E-state index contributed by atoms with van der Waals surface area (Å²) in [6.45, 7) is 2.51. The molecule has 0 unspecified atom stereocenters. The third-order valence-corrected chi connectivity index (χ3v) is 14.8. The molecule has 1 saturated heterocycles. The SMILES string of the molecule is CCCCCCCCCCCCC/C=C/[C@@H](OC(=O)c1ccccc1)[C@H](CO[C@H]1O[C@H](COS(=O)(=O)[O-])[C@@H](OC(=O)c2ccccc2)[C@H](OC(=O)c2ccccc2)[C@@H]1OS(=O)(=O)[O-])NC(=O)CCCCCCCCCCCCCCC.[Na+].[Na+]. The van der Waals surface area contributed by atoms with E-state index in [1.54, 1.807) is 48.5 Å². The first-order chi connectivity index (χ1) is 39.1. The topological polar surface area (TPSA) is 259 Å². The van der Waals surface area contributed by atoms with Crippen LogP contribution in [0, 0.1) is 0 Å². The van der Waals surface area contributed by atoms with Gasteiger partial charge in [0.15, 0.2) is 24.6 Å². The van der Waals surface area contributed by atoms with Crippen molar-refractivity contribution in [1.82, 2.24) is 5.32 Å². The van der Waals surface area contributed by atoms with Crippen LogP contribution in [0.3, 0.4) is 0 Å². The van der Waals surface area contributed by atoms with E-state index in [2.05, 4.69) is 23.3 Å². The Morgan fingerprint density at radius 2 is 0.952 bits per heavy atom. The van der Waals surface area contributed by atoms with Crippen LogP contribution < -0.4 is 64.4 Å². The van der Waals surface area contributed by atoms with E-state index in [9.17, 15) is 45.1 Å². The Morgan fingerprint density at radius 3 is 1.39 bits per heavy atom. The molecule has 1 N–H and O–H groups in total. The summed E-state index contributed by atoms with van der Waals surface area (Å²) in [6.07, 6.45) is 19.0. The third-order valence-electron chi connectivity index (χ3n) is 13.9. The predicted octanol–water partition coefficient (Wildman–Crippen LogP) is 5.96. The van der Waals surface area contributed by atoms with Crippen molar-refractivity contribution in [3.8, 4) is 0 Å². The van der Waals surface area contributed by atoms with E-state index in [0.29, 0.717) is 12.8 Å². The molecule has 1 fully saturated rings. The second-order valence-corrected chi connectivity index (χ2v) is 22.7. The summed E-state index contributed by atoms with van der Waals surface area (Å²) in [5.74, 6) is -3.46. The number of hydrogen-bond donors (Lipinski definition) is 1. The van der Waals surface area contributed by atoms with Crippen molar-refractivity contribution in [1.29, 1.82) is 0 Å². The van der Waals surface area contributed by atoms with E-state index in [0.717, 1.165) is 57.8 Å². The van der Waals surface area contributed by atoms with Crippen molar-refractivity contribution in [3.63, 3.8) is 0 Å². The van der Waals surface area contributed by atoms with Crippen molar-refractivity contribution in [3.05, 3.63) is 120 Å². The summed E-state index contributed by atoms with van der Waals surface area (Å²) in [5.41, 5.74) is 0.0286. The summed E-state index contributed by atoms with van der Waals surface area (Å²) >= 11 is 0. The summed E-state index contributed by atoms with van der Waals surface area (Å²) < 4.78 is 113. The molecule has 0 spiro atoms. The molecule has 3 aromatic rings. The van der Waals surface area contributed by atoms with Crippen molar-refractivity contribution < 1.29 is 136 Å². The van der Waals surface area contributed by atoms with Crippen LogP contribution in [0.4, 0.5) is 0 Å². The summed E-state index contributed by atoms with van der Waals surface area (Å²) in [7, 11) is -11.3. The summed E-state index contributed by atoms with van der Waals surface area (Å²) in [5, 5.41) is 2.92. The number of ether oxygens (including phenoxy) is 5. The fraction of sp³-hybridized carbons (Fsp3) is 0.607. The van der Waals surface area contributed by atoms with Gasteiger partial charge in [-0.3, -0.25) is 13.2 Å². The molecule has 3 aromatic carbocycles. The van der Waals surface area contributed by atoms with Gasteiger partial charge in [0, 0.05) is 6.42 Å². The fourth-order valence-electron chi connectivity index (χ4n) is 9.52. The van der Waals surface area contributed by atoms with Gasteiger partial charge in [0.2, 0.25) is 26.7 Å². The molecular formula is C61H87NNa2O17S2. The average Bonchev–Trinajstić information content (AvgIpc) is 3.65. The van der Waals surface area contributed by atoms with E-state index in [1.807, 2.05) is 6.08 Å². The molecule has 18 nitrogen and oxygen atoms in total. The molecule has 1 aliphatic rings. The molecule has 1 amide bonds. The Kier molecular flexibility index (Phi) is 40.7. The van der Waals surface area contributed by atoms with Crippen molar-refractivity contribution in [2.75, 3.05) is 13.2 Å². The Morgan fingerprint density at radius 1 is 0.542 bits per heavy atom. The normalized spacial score (nSPS) is 17.8. The molecule has 0 aromatic heterocycles. The van der Waals surface area contributed by atoms with Crippen molar-refractivity contribution in [2.24, 2.45) is 0 Å². The first-order valence-electron chi connectivity index (χ1n) is 29.3. The molecule has 1 heterocycles. The van der Waals surface area contributed by atoms with Gasteiger partial charge in [0.25, 0.3) is 0 Å². The zero-order chi connectivity index (χ0) is 58.6. The second-order valence-electron chi connectivity index (χ2n) is 20.7. The number of benzene rings is 3. The summed E-state index contributed by atoms with van der Waals surface area (Å²) in [6, 6.07) is 21.4. The molecule has 452 valence electrons. The maximum atomic E-state index is 14.0. The molecule has 22 heteroatoms. The van der Waals surface area contributed by atoms with Crippen LogP contribution >= 0.6 is 0 Å². The number of nitrogens with one attached hydrogen (secondary N) is 1. The maximum Gasteiger partial charge on any atom is 1.00 e. The average molecular weight is 1220 g/mol. The van der Waals surface area contributed by atoms with Gasteiger partial charge in [0.1, 0.15) is 12.2 Å². The molecule has 7 atom stereocenters. The van der Waals surface area contributed by atoms with E-state index in [4.69, 9.17) is 27.9 Å². The summed E-state index contributed by atoms with van der Waals surface area (Å²) in [4.78, 5) is 55.4. The molecule has 0 aliphatic carbocycles. The number of carbonyl (C=O) groups is 4. The molecule has 1 aliphatic heterocycles. The Labute approximate surface area is 538 Å². The van der Waals surface area contributed by atoms with Gasteiger partial charge >= 0.3 is 77.0 Å². The molecular weight excluding hydrogens is 1130 g/mol. The van der Waals surface area contributed by atoms with Crippen LogP contribution in [0.1, 0.15) is 212 Å². The quantitative estimate of drug-likeness (QED) is 0.0130. The number of allylic oxidation sites excluding steroid dienone is 1. The molecule has 4 rings (SSSR count). The Bertz CT molecular complexity index is 2500. The van der Waals surface area contributed by atoms with Gasteiger partial charge in [-0.15, -0.1) is 0 Å². The zero-order valence-corrected chi connectivity index (χ0v) is 55.0. The van der Waals surface area contributed by atoms with Crippen LogP contribution in [0.2, 0.25) is 0 Å². The third kappa shape index (κ3) is 33.0. The number of amides is 1. The van der Waals surface area contributed by atoms with E-state index >= 15 is 0 Å². The van der Waals surface area contributed by atoms with Gasteiger partial charge in [-0.2, -0.15) is 0 Å². The van der Waals surface area contributed by atoms with Crippen LogP contribution in [-0.2, 0) is 57.6 Å². The minimum Gasteiger partial charge on any atom is -0.726 e. The number of hydrogen-bond acceptors (Lipinski definition) is 17. The van der Waals surface area contributed by atoms with Crippen molar-refractivity contribution in [2.45, 2.75) is 224 Å². The minimum absolute atomic E-state index is 0. The molecule has 0 bridgehead atoms. The Hall–Kier alpha value is -3.06. The first-order valence-corrected chi connectivity index (χ1v) is 32.0. The van der Waals surface area contributed by atoms with Gasteiger partial charge in [-0.25, -0.2) is 31.2 Å². The first kappa shape index (κ1) is 76.0. The maximum absolute atomic E-state index is 14.0. The molecule has 0 radical (unpaired) electrons. The standard InChI is InChI=1S/C61H89NO17S2.2Na/c1-3-5-7-9-11-13-15-17-19-21-23-25-36-44-52(75-58(64)48-38-30-27-31-39-48)51(62-54(63)45-37-26-24-22-20-18-16-14-12-10-8-6-4-2)46-73-61-57(79-81(70,71)72)56(78-60(66)50-42-34-29-35-43-50)55(53(76-61)47-74-80(67,68)69)77-59(65)49-40-32-28-33-41-49;;/h27-36,38-44,51-53,55-57,61H,3-26,37,45-47H2,1-2H3,(H,62,63)(H,67,68,69)(H,70,71,72);;/q;2*+1/p-2/b44-36+;;/t51-,52+,53+,55+,56-,57-,61-;;/m0../s1. The van der Waals surface area contributed by atoms with Gasteiger partial charge in [-0.1, -0.05) is 216 Å². The smallest absolute Gasteiger partial charge is 0.726 e. The van der Waals surface area contributed by atoms with Crippen molar-refractivity contribution >= 4 is 44.6 Å². The monoisotopic (exact) mass is 1220 g/mol. The number of carbonyl (C=O) groups excluding carboxylic acids is 4. The largest absolute Gasteiger partial charge is 1.00 e. The van der Waals surface area contributed by atoms with E-state index < -0.39 is 101 Å². The molecule has 0 saturated carbocycles. The Balaban J connectivity index is 0.0000118.